The second kappa shape index (κ2) is 8.27. The van der Waals surface area contributed by atoms with Crippen molar-refractivity contribution in [2.75, 3.05) is 12.8 Å². The molecule has 0 saturated heterocycles. The van der Waals surface area contributed by atoms with Crippen LogP contribution in [0.4, 0.5) is 13.2 Å². The van der Waals surface area contributed by atoms with Crippen molar-refractivity contribution in [3.05, 3.63) is 83.4 Å². The van der Waals surface area contributed by atoms with Crippen molar-refractivity contribution in [2.45, 2.75) is 28.9 Å². The molecule has 5 nitrogen and oxygen atoms in total. The summed E-state index contributed by atoms with van der Waals surface area (Å²) in [5, 5.41) is 0. The fourth-order valence-corrected chi connectivity index (χ4v) is 5.87. The molecule has 1 aliphatic rings. The molecular weight excluding hydrogens is 475 g/mol. The van der Waals surface area contributed by atoms with Gasteiger partial charge in [-0.3, -0.25) is 0 Å². The molecule has 1 heterocycles. The van der Waals surface area contributed by atoms with Gasteiger partial charge in [0.05, 0.1) is 15.4 Å². The summed E-state index contributed by atoms with van der Waals surface area (Å²) in [5.41, 5.74) is 2.38. The van der Waals surface area contributed by atoms with Crippen LogP contribution in [-0.2, 0) is 39.0 Å². The summed E-state index contributed by atoms with van der Waals surface area (Å²) in [6.45, 7) is 0.283. The molecule has 4 rings (SSSR count). The number of benzene rings is 3. The van der Waals surface area contributed by atoms with Gasteiger partial charge in [0.15, 0.2) is 9.84 Å². The molecule has 3 aromatic rings. The summed E-state index contributed by atoms with van der Waals surface area (Å²) in [4.78, 5) is 0.0275. The topological polar surface area (TPSA) is 71.5 Å². The molecule has 0 unspecified atom stereocenters. The highest BCUT2D eigenvalue weighted by Gasteiger charge is 2.32. The molecule has 174 valence electrons. The summed E-state index contributed by atoms with van der Waals surface area (Å²) in [5.74, 6) is 0. The Bertz CT molecular complexity index is 1410. The van der Waals surface area contributed by atoms with Gasteiger partial charge in [0.2, 0.25) is 10.0 Å². The van der Waals surface area contributed by atoms with Crippen molar-refractivity contribution in [3.63, 3.8) is 0 Å². The number of hydrogen-bond donors (Lipinski definition) is 0. The molecule has 0 amide bonds. The number of nitrogens with zero attached hydrogens (tertiary/aromatic N) is 1. The molecule has 0 fully saturated rings. The van der Waals surface area contributed by atoms with E-state index in [1.165, 1.54) is 10.4 Å². The predicted octanol–water partition coefficient (Wildman–Crippen LogP) is 4.52. The van der Waals surface area contributed by atoms with E-state index in [1.54, 1.807) is 30.3 Å². The highest BCUT2D eigenvalue weighted by Crippen LogP contribution is 2.32. The minimum atomic E-state index is -4.54. The Morgan fingerprint density at radius 2 is 1.45 bits per heavy atom. The predicted molar refractivity (Wildman–Crippen MR) is 118 cm³/mol. The maximum absolute atomic E-state index is 13.0. The zero-order valence-electron chi connectivity index (χ0n) is 17.5. The summed E-state index contributed by atoms with van der Waals surface area (Å²) in [7, 11) is -7.30. The van der Waals surface area contributed by atoms with Crippen molar-refractivity contribution in [1.29, 1.82) is 0 Å². The van der Waals surface area contributed by atoms with Crippen LogP contribution in [0.15, 0.2) is 76.5 Å². The van der Waals surface area contributed by atoms with E-state index in [9.17, 15) is 30.0 Å². The van der Waals surface area contributed by atoms with E-state index in [1.807, 2.05) is 6.07 Å². The minimum absolute atomic E-state index is 0.0996. The molecule has 0 spiro atoms. The van der Waals surface area contributed by atoms with Gasteiger partial charge in [-0.05, 0) is 65.1 Å². The second-order valence-electron chi connectivity index (χ2n) is 7.89. The number of hydrogen-bond acceptors (Lipinski definition) is 4. The first kappa shape index (κ1) is 23.5. The third-order valence-corrected chi connectivity index (χ3v) is 8.57. The average Bonchev–Trinajstić information content (AvgIpc) is 2.77. The number of rotatable bonds is 4. The van der Waals surface area contributed by atoms with Crippen LogP contribution in [0, 0.1) is 0 Å². The maximum atomic E-state index is 13.0. The van der Waals surface area contributed by atoms with Crippen LogP contribution in [0.1, 0.15) is 16.7 Å². The van der Waals surface area contributed by atoms with Crippen molar-refractivity contribution in [2.24, 2.45) is 0 Å². The number of sulfone groups is 1. The summed E-state index contributed by atoms with van der Waals surface area (Å²) < 4.78 is 89.2. The van der Waals surface area contributed by atoms with E-state index in [0.717, 1.165) is 52.8 Å². The third-order valence-electron chi connectivity index (χ3n) is 5.60. The first-order valence-corrected chi connectivity index (χ1v) is 13.3. The Morgan fingerprint density at radius 1 is 0.788 bits per heavy atom. The lowest BCUT2D eigenvalue weighted by molar-refractivity contribution is -0.137. The Balaban J connectivity index is 1.59. The molecule has 33 heavy (non-hydrogen) atoms. The quantitative estimate of drug-likeness (QED) is 0.534. The van der Waals surface area contributed by atoms with Gasteiger partial charge >= 0.3 is 6.18 Å². The van der Waals surface area contributed by atoms with Gasteiger partial charge in [-0.15, -0.1) is 0 Å². The average molecular weight is 496 g/mol. The van der Waals surface area contributed by atoms with Crippen LogP contribution >= 0.6 is 0 Å². The third kappa shape index (κ3) is 4.83. The summed E-state index contributed by atoms with van der Waals surface area (Å²) >= 11 is 0. The highest BCUT2D eigenvalue weighted by molar-refractivity contribution is 7.90. The smallest absolute Gasteiger partial charge is 0.224 e. The number of halogens is 3. The fraction of sp³-hybridized carbons (Fsp3) is 0.217. The molecular formula is C23H20F3NO4S2. The normalized spacial score (nSPS) is 15.3. The van der Waals surface area contributed by atoms with Gasteiger partial charge in [0.1, 0.15) is 0 Å². The van der Waals surface area contributed by atoms with Gasteiger partial charge < -0.3 is 0 Å². The molecule has 0 aromatic heterocycles. The molecule has 0 atom stereocenters. The van der Waals surface area contributed by atoms with Crippen LogP contribution in [0.5, 0.6) is 0 Å². The van der Waals surface area contributed by atoms with E-state index >= 15 is 0 Å². The number of fused-ring (bicyclic) bond motifs is 1. The van der Waals surface area contributed by atoms with Crippen molar-refractivity contribution in [1.82, 2.24) is 4.31 Å². The van der Waals surface area contributed by atoms with Crippen molar-refractivity contribution < 1.29 is 30.0 Å². The van der Waals surface area contributed by atoms with Crippen LogP contribution in [0.3, 0.4) is 0 Å². The molecule has 0 N–H and O–H groups in total. The fourth-order valence-electron chi connectivity index (χ4n) is 3.78. The van der Waals surface area contributed by atoms with Crippen LogP contribution in [0.25, 0.3) is 11.1 Å². The first-order chi connectivity index (χ1) is 15.4. The first-order valence-electron chi connectivity index (χ1n) is 9.95. The van der Waals surface area contributed by atoms with Crippen molar-refractivity contribution >= 4 is 19.9 Å². The SMILES string of the molecule is CS(=O)(=O)c1cccc(-c2ccc3c(c2)CCN(S(=O)(=O)c2ccc(C(F)(F)F)cc2)C3)c1. The molecule has 0 aliphatic carbocycles. The van der Waals surface area contributed by atoms with E-state index in [4.69, 9.17) is 0 Å². The van der Waals surface area contributed by atoms with Crippen LogP contribution in [0.2, 0.25) is 0 Å². The van der Waals surface area contributed by atoms with E-state index < -0.39 is 31.6 Å². The van der Waals surface area contributed by atoms with Crippen molar-refractivity contribution in [3.8, 4) is 11.1 Å². The van der Waals surface area contributed by atoms with E-state index in [-0.39, 0.29) is 22.9 Å². The standard InChI is InChI=1S/C23H20F3NO4S2/c1-32(28,29)22-4-2-3-16(14-22)17-5-6-19-15-27(12-11-18(19)13-17)33(30,31)21-9-7-20(8-10-21)23(24,25)26/h2-10,13-14H,11-12,15H2,1H3. The van der Waals surface area contributed by atoms with Gasteiger partial charge in [-0.2, -0.15) is 17.5 Å². The molecule has 0 radical (unpaired) electrons. The molecule has 0 bridgehead atoms. The molecule has 3 aromatic carbocycles. The van der Waals surface area contributed by atoms with Gasteiger partial charge in [0.25, 0.3) is 0 Å². The van der Waals surface area contributed by atoms with Crippen LogP contribution < -0.4 is 0 Å². The second-order valence-corrected chi connectivity index (χ2v) is 11.8. The van der Waals surface area contributed by atoms with Crippen LogP contribution in [-0.4, -0.2) is 33.9 Å². The molecule has 0 saturated carbocycles. The number of alkyl halides is 3. The zero-order chi connectivity index (χ0) is 24.0. The Labute approximate surface area is 190 Å². The Hall–Kier alpha value is -2.69. The Kier molecular flexibility index (Phi) is 5.88. The molecule has 10 heteroatoms. The maximum Gasteiger partial charge on any atom is 0.416 e. The zero-order valence-corrected chi connectivity index (χ0v) is 19.1. The highest BCUT2D eigenvalue weighted by atomic mass is 32.2. The monoisotopic (exact) mass is 495 g/mol. The Morgan fingerprint density at radius 3 is 2.09 bits per heavy atom. The van der Waals surface area contributed by atoms with Gasteiger partial charge in [-0.1, -0.05) is 30.3 Å². The van der Waals surface area contributed by atoms with Gasteiger partial charge in [-0.25, -0.2) is 16.8 Å². The lowest BCUT2D eigenvalue weighted by Gasteiger charge is -2.28. The lowest BCUT2D eigenvalue weighted by atomic mass is 9.95. The summed E-state index contributed by atoms with van der Waals surface area (Å²) in [6, 6.07) is 15.6. The van der Waals surface area contributed by atoms with Gasteiger partial charge in [0, 0.05) is 19.3 Å². The lowest BCUT2D eigenvalue weighted by Crippen LogP contribution is -2.36. The summed E-state index contributed by atoms with van der Waals surface area (Å²) in [6.07, 6.45) is -2.97. The molecule has 1 aliphatic heterocycles. The largest absolute Gasteiger partial charge is 0.416 e. The van der Waals surface area contributed by atoms with E-state index in [2.05, 4.69) is 0 Å². The van der Waals surface area contributed by atoms with E-state index in [0.29, 0.717) is 6.42 Å². The minimum Gasteiger partial charge on any atom is -0.224 e. The number of sulfonamides is 1.